The van der Waals surface area contributed by atoms with E-state index in [9.17, 15) is 0 Å². The second kappa shape index (κ2) is 4.34. The number of hydrogen-bond acceptors (Lipinski definition) is 4. The van der Waals surface area contributed by atoms with Gasteiger partial charge in [0.2, 0.25) is 0 Å². The van der Waals surface area contributed by atoms with Gasteiger partial charge in [-0.3, -0.25) is 0 Å². The summed E-state index contributed by atoms with van der Waals surface area (Å²) in [5.41, 5.74) is 1.64. The Morgan fingerprint density at radius 2 is 2.24 bits per heavy atom. The number of nitrogens with one attached hydrogen (secondary N) is 1. The number of fused-ring (bicyclic) bond motifs is 1. The van der Waals surface area contributed by atoms with E-state index < -0.39 is 0 Å². The molecule has 2 aliphatic heterocycles. The molecule has 17 heavy (non-hydrogen) atoms. The van der Waals surface area contributed by atoms with E-state index in [0.717, 1.165) is 37.2 Å². The first-order chi connectivity index (χ1) is 8.36. The van der Waals surface area contributed by atoms with Crippen molar-refractivity contribution >= 4 is 5.69 Å². The van der Waals surface area contributed by atoms with Crippen LogP contribution in [0.4, 0.5) is 5.69 Å². The molecule has 3 rings (SSSR count). The van der Waals surface area contributed by atoms with Gasteiger partial charge in [-0.25, -0.2) is 4.98 Å². The van der Waals surface area contributed by atoms with Crippen molar-refractivity contribution in [3.05, 3.63) is 24.0 Å². The van der Waals surface area contributed by atoms with Crippen molar-refractivity contribution in [3.63, 3.8) is 0 Å². The summed E-state index contributed by atoms with van der Waals surface area (Å²) >= 11 is 0. The van der Waals surface area contributed by atoms with Crippen LogP contribution in [-0.2, 0) is 0 Å². The van der Waals surface area contributed by atoms with Gasteiger partial charge in [0, 0.05) is 13.1 Å². The maximum absolute atomic E-state index is 8.73. The molecule has 4 heteroatoms. The van der Waals surface area contributed by atoms with Crippen molar-refractivity contribution in [3.8, 4) is 6.07 Å². The fourth-order valence-electron chi connectivity index (χ4n) is 2.91. The van der Waals surface area contributed by atoms with Gasteiger partial charge in [-0.15, -0.1) is 0 Å². The van der Waals surface area contributed by atoms with E-state index in [0.29, 0.717) is 5.69 Å². The van der Waals surface area contributed by atoms with Crippen LogP contribution >= 0.6 is 0 Å². The molecular weight excluding hydrogens is 212 g/mol. The minimum atomic E-state index is 0.492. The van der Waals surface area contributed by atoms with Crippen LogP contribution in [0.2, 0.25) is 0 Å². The Labute approximate surface area is 101 Å². The second-order valence-electron chi connectivity index (χ2n) is 4.93. The zero-order chi connectivity index (χ0) is 11.7. The average Bonchev–Trinajstić information content (AvgIpc) is 2.86. The number of pyridine rings is 1. The molecular formula is C13H16N4. The first kappa shape index (κ1) is 10.5. The summed E-state index contributed by atoms with van der Waals surface area (Å²) in [6.07, 6.45) is 3.08. The van der Waals surface area contributed by atoms with Crippen LogP contribution in [0, 0.1) is 23.2 Å². The first-order valence-electron chi connectivity index (χ1n) is 6.18. The Morgan fingerprint density at radius 3 is 3.00 bits per heavy atom. The van der Waals surface area contributed by atoms with Crippen LogP contribution in [0.3, 0.4) is 0 Å². The van der Waals surface area contributed by atoms with Crippen molar-refractivity contribution < 1.29 is 0 Å². The number of aromatic nitrogens is 1. The number of nitriles is 1. The van der Waals surface area contributed by atoms with Gasteiger partial charge < -0.3 is 10.2 Å². The van der Waals surface area contributed by atoms with Gasteiger partial charge in [0.25, 0.3) is 0 Å². The summed E-state index contributed by atoms with van der Waals surface area (Å²) < 4.78 is 0. The van der Waals surface area contributed by atoms with Gasteiger partial charge in [-0.05, 0) is 43.5 Å². The summed E-state index contributed by atoms with van der Waals surface area (Å²) in [6, 6.07) is 5.86. The monoisotopic (exact) mass is 228 g/mol. The fraction of sp³-hybridized carbons (Fsp3) is 0.538. The minimum Gasteiger partial charge on any atom is -0.370 e. The van der Waals surface area contributed by atoms with Crippen LogP contribution in [-0.4, -0.2) is 31.2 Å². The molecule has 4 nitrogen and oxygen atoms in total. The molecule has 2 saturated heterocycles. The van der Waals surface area contributed by atoms with Crippen molar-refractivity contribution in [2.24, 2.45) is 11.8 Å². The lowest BCUT2D eigenvalue weighted by Gasteiger charge is -2.35. The normalized spacial score (nSPS) is 27.6. The molecule has 0 aliphatic carbocycles. The number of rotatable bonds is 1. The number of anilines is 1. The largest absolute Gasteiger partial charge is 0.370 e. The predicted octanol–water partition coefficient (Wildman–Crippen LogP) is 0.999. The standard InChI is InChI=1S/C13H16N4/c14-5-12-1-2-13(8-16-12)17-4-3-10-6-15-7-11(10)9-17/h1-2,8,10-11,15H,3-4,6-7,9H2. The average molecular weight is 228 g/mol. The summed E-state index contributed by atoms with van der Waals surface area (Å²) in [6.45, 7) is 4.55. The topological polar surface area (TPSA) is 52.0 Å². The van der Waals surface area contributed by atoms with Crippen molar-refractivity contribution in [2.45, 2.75) is 6.42 Å². The van der Waals surface area contributed by atoms with Crippen molar-refractivity contribution in [2.75, 3.05) is 31.1 Å². The predicted molar refractivity (Wildman–Crippen MR) is 65.6 cm³/mol. The molecule has 2 aliphatic rings. The van der Waals surface area contributed by atoms with Crippen LogP contribution < -0.4 is 10.2 Å². The molecule has 2 atom stereocenters. The van der Waals surface area contributed by atoms with E-state index in [2.05, 4.69) is 21.3 Å². The fourth-order valence-corrected chi connectivity index (χ4v) is 2.91. The van der Waals surface area contributed by atoms with Gasteiger partial charge in [0.1, 0.15) is 11.8 Å². The third kappa shape index (κ3) is 1.98. The van der Waals surface area contributed by atoms with E-state index in [1.165, 1.54) is 13.0 Å². The number of hydrogen-bond donors (Lipinski definition) is 1. The highest BCUT2D eigenvalue weighted by Crippen LogP contribution is 2.29. The molecule has 1 aromatic heterocycles. The summed E-state index contributed by atoms with van der Waals surface area (Å²) in [7, 11) is 0. The summed E-state index contributed by atoms with van der Waals surface area (Å²) in [5.74, 6) is 1.64. The maximum atomic E-state index is 8.73. The Morgan fingerprint density at radius 1 is 1.35 bits per heavy atom. The quantitative estimate of drug-likeness (QED) is 0.779. The Kier molecular flexibility index (Phi) is 2.69. The highest BCUT2D eigenvalue weighted by molar-refractivity contribution is 5.46. The van der Waals surface area contributed by atoms with Crippen LogP contribution in [0.15, 0.2) is 18.3 Å². The summed E-state index contributed by atoms with van der Waals surface area (Å²) in [5, 5.41) is 12.2. The molecule has 1 N–H and O–H groups in total. The second-order valence-corrected chi connectivity index (χ2v) is 4.93. The van der Waals surface area contributed by atoms with Gasteiger partial charge in [-0.1, -0.05) is 0 Å². The van der Waals surface area contributed by atoms with E-state index in [-0.39, 0.29) is 0 Å². The molecule has 0 radical (unpaired) electrons. The third-order valence-corrected chi connectivity index (χ3v) is 3.93. The molecule has 0 bridgehead atoms. The molecule has 0 amide bonds. The highest BCUT2D eigenvalue weighted by atomic mass is 15.2. The number of piperidine rings is 1. The van der Waals surface area contributed by atoms with Gasteiger partial charge in [0.05, 0.1) is 11.9 Å². The Hall–Kier alpha value is -1.60. The molecule has 88 valence electrons. The van der Waals surface area contributed by atoms with Crippen LogP contribution in [0.25, 0.3) is 0 Å². The van der Waals surface area contributed by atoms with Crippen LogP contribution in [0.5, 0.6) is 0 Å². The smallest absolute Gasteiger partial charge is 0.140 e. The lowest BCUT2D eigenvalue weighted by atomic mass is 9.88. The Bertz CT molecular complexity index is 434. The van der Waals surface area contributed by atoms with E-state index >= 15 is 0 Å². The molecule has 2 unspecified atom stereocenters. The molecule has 2 fully saturated rings. The third-order valence-electron chi connectivity index (χ3n) is 3.93. The van der Waals surface area contributed by atoms with Crippen LogP contribution in [0.1, 0.15) is 12.1 Å². The van der Waals surface area contributed by atoms with Crippen molar-refractivity contribution in [1.82, 2.24) is 10.3 Å². The Balaban J connectivity index is 1.74. The maximum Gasteiger partial charge on any atom is 0.140 e. The highest BCUT2D eigenvalue weighted by Gasteiger charge is 2.32. The number of nitrogens with zero attached hydrogens (tertiary/aromatic N) is 3. The molecule has 0 aromatic carbocycles. The lowest BCUT2D eigenvalue weighted by molar-refractivity contribution is 0.349. The van der Waals surface area contributed by atoms with E-state index in [1.54, 1.807) is 6.07 Å². The zero-order valence-electron chi connectivity index (χ0n) is 9.76. The minimum absolute atomic E-state index is 0.492. The van der Waals surface area contributed by atoms with Gasteiger partial charge in [-0.2, -0.15) is 5.26 Å². The van der Waals surface area contributed by atoms with Gasteiger partial charge in [0.15, 0.2) is 0 Å². The first-order valence-corrected chi connectivity index (χ1v) is 6.18. The van der Waals surface area contributed by atoms with Crippen molar-refractivity contribution in [1.29, 1.82) is 5.26 Å². The SMILES string of the molecule is N#Cc1ccc(N2CCC3CNCC3C2)cn1. The summed E-state index contributed by atoms with van der Waals surface area (Å²) in [4.78, 5) is 6.53. The lowest BCUT2D eigenvalue weighted by Crippen LogP contribution is -2.40. The molecule has 0 spiro atoms. The zero-order valence-corrected chi connectivity index (χ0v) is 9.76. The molecule has 0 saturated carbocycles. The van der Waals surface area contributed by atoms with Gasteiger partial charge >= 0.3 is 0 Å². The van der Waals surface area contributed by atoms with E-state index in [1.807, 2.05) is 12.3 Å². The van der Waals surface area contributed by atoms with E-state index in [4.69, 9.17) is 5.26 Å². The molecule has 3 heterocycles. The molecule has 1 aromatic rings.